The Balaban J connectivity index is 1.55. The van der Waals surface area contributed by atoms with Gasteiger partial charge in [0.15, 0.2) is 5.82 Å². The zero-order valence-electron chi connectivity index (χ0n) is 18.6. The molecule has 0 spiro atoms. The molecule has 1 amide bonds. The smallest absolute Gasteiger partial charge is 0.423 e. The fourth-order valence-corrected chi connectivity index (χ4v) is 4.49. The highest BCUT2D eigenvalue weighted by atomic mass is 16.4. The van der Waals surface area contributed by atoms with Crippen LogP contribution in [-0.2, 0) is 19.4 Å². The first-order valence-electron chi connectivity index (χ1n) is 11.4. The number of primary amides is 1. The van der Waals surface area contributed by atoms with Crippen LogP contribution >= 0.6 is 0 Å². The Morgan fingerprint density at radius 3 is 2.74 bits per heavy atom. The summed E-state index contributed by atoms with van der Waals surface area (Å²) >= 11 is 0. The summed E-state index contributed by atoms with van der Waals surface area (Å²) in [5, 5.41) is 30.5. The molecule has 9 nitrogen and oxygen atoms in total. The van der Waals surface area contributed by atoms with E-state index >= 15 is 0 Å². The normalized spacial score (nSPS) is 13.4. The molecule has 4 aromatic rings. The van der Waals surface area contributed by atoms with E-state index in [1.807, 2.05) is 12.1 Å². The Morgan fingerprint density at radius 1 is 1.09 bits per heavy atom. The van der Waals surface area contributed by atoms with Crippen molar-refractivity contribution in [2.75, 3.05) is 5.32 Å². The van der Waals surface area contributed by atoms with Gasteiger partial charge in [0.05, 0.1) is 11.1 Å². The molecule has 2 heterocycles. The molecule has 172 valence electrons. The fourth-order valence-electron chi connectivity index (χ4n) is 4.49. The number of H-pyrrole nitrogens is 1. The summed E-state index contributed by atoms with van der Waals surface area (Å²) in [7, 11) is -1.51. The van der Waals surface area contributed by atoms with Gasteiger partial charge in [0.1, 0.15) is 11.5 Å². The molecular weight excluding hydrogens is 431 g/mol. The number of benzene rings is 2. The summed E-state index contributed by atoms with van der Waals surface area (Å²) in [4.78, 5) is 21.6. The minimum absolute atomic E-state index is 0.371. The number of aryl methyl sites for hydroxylation is 1. The van der Waals surface area contributed by atoms with Gasteiger partial charge >= 0.3 is 7.12 Å². The molecule has 0 atom stereocenters. The number of hydrogen-bond acceptors (Lipinski definition) is 7. The van der Waals surface area contributed by atoms with Gasteiger partial charge in [0.2, 0.25) is 0 Å². The second kappa shape index (κ2) is 9.24. The van der Waals surface area contributed by atoms with Crippen LogP contribution in [0.1, 0.15) is 46.4 Å². The van der Waals surface area contributed by atoms with Crippen molar-refractivity contribution in [3.8, 4) is 11.5 Å². The third-order valence-corrected chi connectivity index (χ3v) is 6.22. The molecule has 2 aromatic carbocycles. The first-order valence-corrected chi connectivity index (χ1v) is 11.4. The molecule has 2 aromatic heterocycles. The zero-order chi connectivity index (χ0) is 23.7. The lowest BCUT2D eigenvalue weighted by Crippen LogP contribution is -2.30. The third-order valence-electron chi connectivity index (χ3n) is 6.22. The van der Waals surface area contributed by atoms with E-state index < -0.39 is 13.0 Å². The highest BCUT2D eigenvalue weighted by Gasteiger charge is 2.21. The number of aromatic nitrogens is 4. The molecule has 0 bridgehead atoms. The molecule has 0 saturated heterocycles. The lowest BCUT2D eigenvalue weighted by atomic mass is 9.79. The van der Waals surface area contributed by atoms with E-state index in [1.54, 1.807) is 30.3 Å². The Kier molecular flexibility index (Phi) is 6.00. The Hall–Kier alpha value is -3.76. The van der Waals surface area contributed by atoms with E-state index in [0.717, 1.165) is 60.1 Å². The Bertz CT molecular complexity index is 1370. The third kappa shape index (κ3) is 4.25. The van der Waals surface area contributed by atoms with E-state index in [0.29, 0.717) is 34.6 Å². The van der Waals surface area contributed by atoms with E-state index in [9.17, 15) is 14.8 Å². The van der Waals surface area contributed by atoms with Crippen LogP contribution in [0.3, 0.4) is 0 Å². The number of anilines is 1. The van der Waals surface area contributed by atoms with Crippen LogP contribution in [0.4, 0.5) is 5.82 Å². The van der Waals surface area contributed by atoms with Gasteiger partial charge in [-0.2, -0.15) is 5.10 Å². The van der Waals surface area contributed by atoms with Gasteiger partial charge in [-0.05, 0) is 42.8 Å². The minimum Gasteiger partial charge on any atom is -0.423 e. The minimum atomic E-state index is -1.51. The van der Waals surface area contributed by atoms with Gasteiger partial charge in [-0.3, -0.25) is 9.89 Å². The molecule has 1 aliphatic rings. The summed E-state index contributed by atoms with van der Waals surface area (Å²) < 4.78 is 0. The highest BCUT2D eigenvalue weighted by molar-refractivity contribution is 6.58. The SMILES string of the molecule is NC(=O)c1cccc2c(-c3nc4c(c(NCc5cccc(B(O)O)c5)n3)CCCCC4)n[nH]c12. The molecule has 5 rings (SSSR count). The molecule has 1 aliphatic carbocycles. The maximum Gasteiger partial charge on any atom is 0.488 e. The van der Waals surface area contributed by atoms with E-state index in [4.69, 9.17) is 15.7 Å². The van der Waals surface area contributed by atoms with Gasteiger partial charge in [-0.25, -0.2) is 9.97 Å². The molecule has 0 radical (unpaired) electrons. The molecule has 0 unspecified atom stereocenters. The first-order chi connectivity index (χ1) is 16.5. The van der Waals surface area contributed by atoms with Gasteiger partial charge in [-0.1, -0.05) is 42.8 Å². The molecular formula is C24H25BN6O3. The summed E-state index contributed by atoms with van der Waals surface area (Å²) in [6.45, 7) is 0.469. The van der Waals surface area contributed by atoms with Crippen LogP contribution in [0.5, 0.6) is 0 Å². The maximum atomic E-state index is 11.8. The van der Waals surface area contributed by atoms with Crippen molar-refractivity contribution in [3.63, 3.8) is 0 Å². The highest BCUT2D eigenvalue weighted by Crippen LogP contribution is 2.31. The maximum absolute atomic E-state index is 11.8. The number of amides is 1. The molecule has 0 fully saturated rings. The van der Waals surface area contributed by atoms with E-state index in [-0.39, 0.29) is 0 Å². The van der Waals surface area contributed by atoms with Crippen LogP contribution in [0, 0.1) is 0 Å². The second-order valence-corrected chi connectivity index (χ2v) is 8.52. The summed E-state index contributed by atoms with van der Waals surface area (Å²) in [6, 6.07) is 12.4. The number of para-hydroxylation sites is 1. The summed E-state index contributed by atoms with van der Waals surface area (Å²) in [6.07, 6.45) is 5.02. The number of nitrogens with zero attached hydrogens (tertiary/aromatic N) is 3. The van der Waals surface area contributed by atoms with Crippen molar-refractivity contribution in [1.82, 2.24) is 20.2 Å². The van der Waals surface area contributed by atoms with Crippen molar-refractivity contribution in [1.29, 1.82) is 0 Å². The van der Waals surface area contributed by atoms with Crippen LogP contribution in [0.15, 0.2) is 42.5 Å². The average molecular weight is 456 g/mol. The standard InChI is InChI=1S/C24H25BN6O3/c26-22(32)18-10-5-9-17-20(18)30-31-21(17)24-28-19-11-3-1-2-8-16(19)23(29-24)27-13-14-6-4-7-15(12-14)25(33)34/h4-7,9-10,12,33-34H,1-3,8,11,13H2,(H2,26,32)(H,30,31)(H,27,28,29). The van der Waals surface area contributed by atoms with Gasteiger partial charge in [0, 0.05) is 23.2 Å². The fraction of sp³-hybridized carbons (Fsp3) is 0.250. The second-order valence-electron chi connectivity index (χ2n) is 8.52. The number of hydrogen-bond donors (Lipinski definition) is 5. The zero-order valence-corrected chi connectivity index (χ0v) is 18.6. The number of carbonyl (C=O) groups is 1. The summed E-state index contributed by atoms with van der Waals surface area (Å²) in [5.41, 5.74) is 10.5. The summed E-state index contributed by atoms with van der Waals surface area (Å²) in [5.74, 6) is 0.704. The van der Waals surface area contributed by atoms with Crippen molar-refractivity contribution in [2.24, 2.45) is 5.73 Å². The monoisotopic (exact) mass is 456 g/mol. The molecule has 6 N–H and O–H groups in total. The largest absolute Gasteiger partial charge is 0.488 e. The van der Waals surface area contributed by atoms with E-state index in [2.05, 4.69) is 15.5 Å². The van der Waals surface area contributed by atoms with Crippen molar-refractivity contribution in [2.45, 2.75) is 38.6 Å². The van der Waals surface area contributed by atoms with Gasteiger partial charge in [0.25, 0.3) is 5.91 Å². The van der Waals surface area contributed by atoms with Crippen LogP contribution in [-0.4, -0.2) is 43.2 Å². The predicted octanol–water partition coefficient (Wildman–Crippen LogP) is 1.68. The number of aromatic amines is 1. The predicted molar refractivity (Wildman–Crippen MR) is 130 cm³/mol. The topological polar surface area (TPSA) is 150 Å². The number of fused-ring (bicyclic) bond motifs is 2. The van der Waals surface area contributed by atoms with Gasteiger partial charge in [-0.15, -0.1) is 0 Å². The quantitative estimate of drug-likeness (QED) is 0.219. The Morgan fingerprint density at radius 2 is 1.91 bits per heavy atom. The lowest BCUT2D eigenvalue weighted by Gasteiger charge is -2.15. The Labute approximate surface area is 196 Å². The lowest BCUT2D eigenvalue weighted by molar-refractivity contribution is 0.100. The number of nitrogens with two attached hydrogens (primary N) is 1. The molecule has 34 heavy (non-hydrogen) atoms. The average Bonchev–Trinajstić information content (AvgIpc) is 3.13. The van der Waals surface area contributed by atoms with Crippen LogP contribution < -0.4 is 16.5 Å². The van der Waals surface area contributed by atoms with Crippen LogP contribution in [0.25, 0.3) is 22.4 Å². The molecule has 10 heteroatoms. The number of rotatable bonds is 6. The number of nitrogens with one attached hydrogen (secondary N) is 2. The molecule has 0 saturated carbocycles. The van der Waals surface area contributed by atoms with Crippen molar-refractivity contribution < 1.29 is 14.8 Å². The number of carbonyl (C=O) groups excluding carboxylic acids is 1. The van der Waals surface area contributed by atoms with Crippen molar-refractivity contribution in [3.05, 3.63) is 64.8 Å². The van der Waals surface area contributed by atoms with Crippen LogP contribution in [0.2, 0.25) is 0 Å². The van der Waals surface area contributed by atoms with E-state index in [1.165, 1.54) is 0 Å². The van der Waals surface area contributed by atoms with Crippen molar-refractivity contribution >= 4 is 35.2 Å². The molecule has 0 aliphatic heterocycles. The first kappa shape index (κ1) is 22.1. The van der Waals surface area contributed by atoms with Gasteiger partial charge < -0.3 is 21.1 Å².